The molecule has 3 aromatic rings. The molecule has 4 atom stereocenters. The molecule has 1 aromatic carbocycles. The number of rotatable bonds is 3. The van der Waals surface area contributed by atoms with Crippen molar-refractivity contribution in [2.75, 3.05) is 5.32 Å². The summed E-state index contributed by atoms with van der Waals surface area (Å²) in [5.74, 6) is 3.58. The van der Waals surface area contributed by atoms with Gasteiger partial charge in [-0.25, -0.2) is 9.97 Å². The second kappa shape index (κ2) is 7.49. The monoisotopic (exact) mass is 514 g/mol. The molecule has 1 saturated heterocycles. The Morgan fingerprint density at radius 3 is 2.89 bits per heavy atom. The minimum Gasteiger partial charge on any atom is -0.493 e. The van der Waals surface area contributed by atoms with Gasteiger partial charge in [-0.05, 0) is 36.8 Å². The molecule has 7 rings (SSSR count). The van der Waals surface area contributed by atoms with E-state index in [1.165, 1.54) is 6.07 Å². The lowest BCUT2D eigenvalue weighted by Crippen LogP contribution is -2.21. The number of aromatic amines is 1. The van der Waals surface area contributed by atoms with Gasteiger partial charge in [0, 0.05) is 36.4 Å². The summed E-state index contributed by atoms with van der Waals surface area (Å²) in [4.78, 5) is 23.5. The Bertz CT molecular complexity index is 1510. The predicted octanol–water partition coefficient (Wildman–Crippen LogP) is 5.49. The highest BCUT2D eigenvalue weighted by atomic mass is 35.5. The fourth-order valence-corrected chi connectivity index (χ4v) is 5.83. The van der Waals surface area contributed by atoms with Gasteiger partial charge in [0.05, 0.1) is 27.5 Å². The molecule has 11 heteroatoms. The summed E-state index contributed by atoms with van der Waals surface area (Å²) in [7, 11) is 0. The highest BCUT2D eigenvalue weighted by Gasteiger charge is 2.65. The van der Waals surface area contributed by atoms with Crippen LogP contribution in [0.4, 0.5) is 19.0 Å². The van der Waals surface area contributed by atoms with E-state index in [0.29, 0.717) is 47.7 Å². The quantitative estimate of drug-likeness (QED) is 0.482. The molecule has 2 aliphatic heterocycles. The van der Waals surface area contributed by atoms with Crippen molar-refractivity contribution in [1.29, 1.82) is 0 Å². The average molecular weight is 515 g/mol. The first kappa shape index (κ1) is 21.7. The molecule has 36 heavy (non-hydrogen) atoms. The van der Waals surface area contributed by atoms with Crippen LogP contribution in [-0.4, -0.2) is 27.0 Å². The zero-order chi connectivity index (χ0) is 24.8. The molecule has 4 aliphatic rings. The number of imidazole rings is 1. The fourth-order valence-electron chi connectivity index (χ4n) is 5.56. The van der Waals surface area contributed by atoms with Gasteiger partial charge < -0.3 is 19.8 Å². The third-order valence-corrected chi connectivity index (χ3v) is 7.60. The molecule has 2 fully saturated rings. The van der Waals surface area contributed by atoms with E-state index < -0.39 is 11.7 Å². The number of alkyl halides is 3. The van der Waals surface area contributed by atoms with E-state index in [9.17, 15) is 18.0 Å². The highest BCUT2D eigenvalue weighted by molar-refractivity contribution is 6.32. The number of H-pyrrole nitrogens is 1. The van der Waals surface area contributed by atoms with E-state index >= 15 is 0 Å². The number of carbonyl (C=O) groups is 1. The van der Waals surface area contributed by atoms with Gasteiger partial charge in [-0.15, -0.1) is 0 Å². The predicted molar refractivity (Wildman–Crippen MR) is 123 cm³/mol. The maximum atomic E-state index is 13.2. The van der Waals surface area contributed by atoms with Crippen LogP contribution >= 0.6 is 11.6 Å². The standard InChI is InChI=1S/C25H18ClF3N4O3/c26-14-9-16-15(8-13(14)25(27,28)29)31-24(32-16)21-20-12-7-10(1-3-17(12)36-22(20)21)35-18-5-6-30-23-11(18)2-4-19(34)33-23/h1,3,5-6,8-9,12,20-22H,2,4,7H2,(H,31,32)(H,30,33,34)/t12?,20-,21-,22-/m0/s1. The van der Waals surface area contributed by atoms with Crippen molar-refractivity contribution in [2.24, 2.45) is 11.8 Å². The number of hydrogen-bond donors (Lipinski definition) is 2. The van der Waals surface area contributed by atoms with Gasteiger partial charge in [-0.1, -0.05) is 11.6 Å². The number of ether oxygens (including phenoxy) is 2. The number of pyridine rings is 1. The Hall–Kier alpha value is -3.53. The molecule has 1 saturated carbocycles. The Balaban J connectivity index is 1.11. The van der Waals surface area contributed by atoms with Gasteiger partial charge in [0.2, 0.25) is 5.91 Å². The molecule has 1 unspecified atom stereocenters. The molecule has 2 aromatic heterocycles. The highest BCUT2D eigenvalue weighted by Crippen LogP contribution is 2.63. The van der Waals surface area contributed by atoms with Crippen molar-refractivity contribution in [1.82, 2.24) is 15.0 Å². The van der Waals surface area contributed by atoms with Gasteiger partial charge in [0.25, 0.3) is 0 Å². The number of nitrogens with one attached hydrogen (secondary N) is 2. The van der Waals surface area contributed by atoms with Crippen LogP contribution < -0.4 is 10.1 Å². The zero-order valence-corrected chi connectivity index (χ0v) is 19.3. The summed E-state index contributed by atoms with van der Waals surface area (Å²) in [5.41, 5.74) is 0.675. The maximum absolute atomic E-state index is 13.2. The summed E-state index contributed by atoms with van der Waals surface area (Å²) in [6.07, 6.45) is 2.34. The second-order valence-corrected chi connectivity index (χ2v) is 9.86. The van der Waals surface area contributed by atoms with Crippen LogP contribution in [-0.2, 0) is 22.1 Å². The maximum Gasteiger partial charge on any atom is 0.417 e. The first-order valence-corrected chi connectivity index (χ1v) is 11.9. The lowest BCUT2D eigenvalue weighted by molar-refractivity contribution is -0.137. The molecular formula is C25H18ClF3N4O3. The van der Waals surface area contributed by atoms with Crippen molar-refractivity contribution in [3.05, 3.63) is 70.0 Å². The van der Waals surface area contributed by atoms with Gasteiger partial charge in [-0.2, -0.15) is 13.2 Å². The Labute approximate surface area is 207 Å². The number of anilines is 1. The number of fused-ring (bicyclic) bond motifs is 5. The molecular weight excluding hydrogens is 497 g/mol. The number of nitrogens with zero attached hydrogens (tertiary/aromatic N) is 2. The van der Waals surface area contributed by atoms with Crippen LogP contribution in [0, 0.1) is 11.8 Å². The first-order valence-electron chi connectivity index (χ1n) is 11.6. The normalized spacial score (nSPS) is 26.3. The van der Waals surface area contributed by atoms with Crippen molar-refractivity contribution in [3.8, 4) is 5.75 Å². The van der Waals surface area contributed by atoms with Gasteiger partial charge in [0.1, 0.15) is 35.0 Å². The largest absolute Gasteiger partial charge is 0.493 e. The van der Waals surface area contributed by atoms with E-state index in [1.54, 1.807) is 12.3 Å². The smallest absolute Gasteiger partial charge is 0.417 e. The molecule has 4 heterocycles. The minimum absolute atomic E-state index is 0.0455. The van der Waals surface area contributed by atoms with Crippen molar-refractivity contribution < 1.29 is 27.4 Å². The molecule has 7 nitrogen and oxygen atoms in total. The number of aromatic nitrogens is 3. The van der Waals surface area contributed by atoms with E-state index in [1.807, 2.05) is 12.2 Å². The Morgan fingerprint density at radius 1 is 1.19 bits per heavy atom. The molecule has 2 aliphatic carbocycles. The fraction of sp³-hybridized carbons (Fsp3) is 0.320. The Kier molecular flexibility index (Phi) is 4.52. The van der Waals surface area contributed by atoms with Crippen LogP contribution in [0.1, 0.15) is 35.7 Å². The first-order chi connectivity index (χ1) is 17.3. The molecule has 0 radical (unpaired) electrons. The zero-order valence-electron chi connectivity index (χ0n) is 18.5. The lowest BCUT2D eigenvalue weighted by atomic mass is 9.92. The van der Waals surface area contributed by atoms with Gasteiger partial charge >= 0.3 is 6.18 Å². The molecule has 0 bridgehead atoms. The van der Waals surface area contributed by atoms with Crippen molar-refractivity contribution in [3.63, 3.8) is 0 Å². The summed E-state index contributed by atoms with van der Waals surface area (Å²) in [5, 5.41) is 2.40. The summed E-state index contributed by atoms with van der Waals surface area (Å²) in [6, 6.07) is 4.04. The third kappa shape index (κ3) is 3.38. The second-order valence-electron chi connectivity index (χ2n) is 9.45. The third-order valence-electron chi connectivity index (χ3n) is 7.29. The van der Waals surface area contributed by atoms with E-state index in [0.717, 1.165) is 23.1 Å². The van der Waals surface area contributed by atoms with Crippen LogP contribution in [0.25, 0.3) is 11.0 Å². The number of carbonyl (C=O) groups excluding carboxylic acids is 1. The summed E-state index contributed by atoms with van der Waals surface area (Å²) in [6.45, 7) is 0. The number of benzene rings is 1. The van der Waals surface area contributed by atoms with Crippen LogP contribution in [0.15, 0.2) is 48.1 Å². The topological polar surface area (TPSA) is 89.1 Å². The molecule has 184 valence electrons. The van der Waals surface area contributed by atoms with Gasteiger partial charge in [-0.3, -0.25) is 4.79 Å². The summed E-state index contributed by atoms with van der Waals surface area (Å²) >= 11 is 5.86. The minimum atomic E-state index is -4.54. The summed E-state index contributed by atoms with van der Waals surface area (Å²) < 4.78 is 52.1. The van der Waals surface area contributed by atoms with Gasteiger partial charge in [0.15, 0.2) is 0 Å². The Morgan fingerprint density at radius 2 is 2.06 bits per heavy atom. The van der Waals surface area contributed by atoms with Crippen molar-refractivity contribution >= 4 is 34.4 Å². The molecule has 0 spiro atoms. The van der Waals surface area contributed by atoms with E-state index in [-0.39, 0.29) is 34.8 Å². The number of amides is 1. The number of hydrogen-bond acceptors (Lipinski definition) is 5. The average Bonchev–Trinajstić information content (AvgIpc) is 3.18. The molecule has 1 amide bonds. The van der Waals surface area contributed by atoms with E-state index in [2.05, 4.69) is 20.3 Å². The SMILES string of the molecule is O=C1CCc2c(OC3=CC=C4O[C@@H]5[C@@H](c6nc7cc(Cl)c(C(F)(F)F)cc7[nH]6)[C@@H]5C4C3)ccnc2N1. The number of halogens is 4. The van der Waals surface area contributed by atoms with Crippen LogP contribution in [0.5, 0.6) is 5.75 Å². The lowest BCUT2D eigenvalue weighted by Gasteiger charge is -2.23. The van der Waals surface area contributed by atoms with Crippen LogP contribution in [0.2, 0.25) is 5.02 Å². The number of allylic oxidation sites excluding steroid dienone is 4. The van der Waals surface area contributed by atoms with Crippen LogP contribution in [0.3, 0.4) is 0 Å². The van der Waals surface area contributed by atoms with E-state index in [4.69, 9.17) is 21.1 Å². The molecule has 2 N–H and O–H groups in total. The van der Waals surface area contributed by atoms with Crippen molar-refractivity contribution in [2.45, 2.75) is 37.5 Å².